The number of carbonyl (C=O) groups excluding carboxylic acids is 1. The van der Waals surface area contributed by atoms with Crippen molar-refractivity contribution in [1.82, 2.24) is 5.32 Å². The standard InChI is InChI=1S/C16H23NO5/c1-3-21-9-10-22-11-14(18)17-15(12(2)16(19)20)13-7-5-4-6-8-13/h4-8,12,15H,3,9-11H2,1-2H3,(H,17,18)(H,19,20). The monoisotopic (exact) mass is 309 g/mol. The van der Waals surface area contributed by atoms with Crippen LogP contribution in [0.3, 0.4) is 0 Å². The molecule has 0 saturated carbocycles. The van der Waals surface area contributed by atoms with Gasteiger partial charge in [0, 0.05) is 6.61 Å². The number of amides is 1. The molecule has 2 unspecified atom stereocenters. The van der Waals surface area contributed by atoms with Crippen LogP contribution in [0.4, 0.5) is 0 Å². The van der Waals surface area contributed by atoms with E-state index < -0.39 is 17.9 Å². The fourth-order valence-electron chi connectivity index (χ4n) is 1.94. The van der Waals surface area contributed by atoms with Crippen LogP contribution in [-0.4, -0.2) is 43.4 Å². The Balaban J connectivity index is 2.58. The number of nitrogens with one attached hydrogen (secondary N) is 1. The maximum atomic E-state index is 11.9. The van der Waals surface area contributed by atoms with Gasteiger partial charge in [-0.3, -0.25) is 9.59 Å². The zero-order valence-corrected chi connectivity index (χ0v) is 13.0. The molecule has 1 rings (SSSR count). The number of carboxylic acid groups (broad SMARTS) is 1. The van der Waals surface area contributed by atoms with E-state index in [1.165, 1.54) is 0 Å². The Morgan fingerprint density at radius 3 is 2.41 bits per heavy atom. The number of hydrogen-bond donors (Lipinski definition) is 2. The molecule has 0 bridgehead atoms. The molecule has 0 aromatic heterocycles. The lowest BCUT2D eigenvalue weighted by atomic mass is 9.94. The van der Waals surface area contributed by atoms with E-state index in [9.17, 15) is 14.7 Å². The molecule has 2 atom stereocenters. The van der Waals surface area contributed by atoms with E-state index in [-0.39, 0.29) is 12.5 Å². The molecule has 0 aliphatic carbocycles. The van der Waals surface area contributed by atoms with Crippen molar-refractivity contribution in [3.63, 3.8) is 0 Å². The second kappa shape index (κ2) is 9.92. The van der Waals surface area contributed by atoms with Gasteiger partial charge in [0.1, 0.15) is 6.61 Å². The van der Waals surface area contributed by atoms with Crippen molar-refractivity contribution < 1.29 is 24.2 Å². The highest BCUT2D eigenvalue weighted by atomic mass is 16.5. The van der Waals surface area contributed by atoms with E-state index in [1.54, 1.807) is 19.1 Å². The zero-order chi connectivity index (χ0) is 16.4. The van der Waals surface area contributed by atoms with Crippen molar-refractivity contribution >= 4 is 11.9 Å². The van der Waals surface area contributed by atoms with E-state index >= 15 is 0 Å². The van der Waals surface area contributed by atoms with Crippen molar-refractivity contribution in [1.29, 1.82) is 0 Å². The van der Waals surface area contributed by atoms with Crippen LogP contribution in [0.25, 0.3) is 0 Å². The molecule has 0 heterocycles. The van der Waals surface area contributed by atoms with Gasteiger partial charge in [-0.1, -0.05) is 30.3 Å². The molecule has 0 aliphatic heterocycles. The SMILES string of the molecule is CCOCCOCC(=O)NC(c1ccccc1)C(C)C(=O)O. The summed E-state index contributed by atoms with van der Waals surface area (Å²) in [7, 11) is 0. The molecule has 1 aromatic carbocycles. The molecule has 6 heteroatoms. The predicted molar refractivity (Wildman–Crippen MR) is 81.4 cm³/mol. The van der Waals surface area contributed by atoms with E-state index in [1.807, 2.05) is 25.1 Å². The van der Waals surface area contributed by atoms with Gasteiger partial charge in [-0.15, -0.1) is 0 Å². The Labute approximate surface area is 130 Å². The Morgan fingerprint density at radius 1 is 1.18 bits per heavy atom. The largest absolute Gasteiger partial charge is 0.481 e. The molecule has 0 aliphatic rings. The summed E-state index contributed by atoms with van der Waals surface area (Å²) >= 11 is 0. The maximum absolute atomic E-state index is 11.9. The van der Waals surface area contributed by atoms with Crippen molar-refractivity contribution in [2.24, 2.45) is 5.92 Å². The van der Waals surface area contributed by atoms with Crippen LogP contribution in [-0.2, 0) is 19.1 Å². The molecule has 0 fully saturated rings. The summed E-state index contributed by atoms with van der Waals surface area (Å²) in [5, 5.41) is 11.9. The molecule has 1 amide bonds. The van der Waals surface area contributed by atoms with Crippen LogP contribution >= 0.6 is 0 Å². The average molecular weight is 309 g/mol. The summed E-state index contributed by atoms with van der Waals surface area (Å²) in [5.41, 5.74) is 0.750. The van der Waals surface area contributed by atoms with E-state index in [0.29, 0.717) is 19.8 Å². The van der Waals surface area contributed by atoms with E-state index in [4.69, 9.17) is 9.47 Å². The minimum Gasteiger partial charge on any atom is -0.481 e. The molecular formula is C16H23NO5. The van der Waals surface area contributed by atoms with Gasteiger partial charge in [0.05, 0.1) is 25.2 Å². The first-order valence-electron chi connectivity index (χ1n) is 7.28. The summed E-state index contributed by atoms with van der Waals surface area (Å²) in [6.07, 6.45) is 0. The van der Waals surface area contributed by atoms with Gasteiger partial charge in [-0.2, -0.15) is 0 Å². The molecule has 22 heavy (non-hydrogen) atoms. The number of aliphatic carboxylic acids is 1. The Hall–Kier alpha value is -1.92. The number of rotatable bonds is 10. The minimum absolute atomic E-state index is 0.122. The van der Waals surface area contributed by atoms with Gasteiger partial charge in [0.2, 0.25) is 5.91 Å². The Kier molecular flexibility index (Phi) is 8.17. The summed E-state index contributed by atoms with van der Waals surface area (Å²) < 4.78 is 10.3. The first-order valence-corrected chi connectivity index (χ1v) is 7.28. The highest BCUT2D eigenvalue weighted by Crippen LogP contribution is 2.22. The number of carboxylic acids is 1. The highest BCUT2D eigenvalue weighted by Gasteiger charge is 2.26. The van der Waals surface area contributed by atoms with Gasteiger partial charge in [-0.25, -0.2) is 0 Å². The van der Waals surface area contributed by atoms with E-state index in [0.717, 1.165) is 5.56 Å². The van der Waals surface area contributed by atoms with Gasteiger partial charge < -0.3 is 19.9 Å². The number of hydrogen-bond acceptors (Lipinski definition) is 4. The van der Waals surface area contributed by atoms with Crippen LogP contribution in [0.2, 0.25) is 0 Å². The normalized spacial score (nSPS) is 13.4. The van der Waals surface area contributed by atoms with Crippen molar-refractivity contribution in [2.75, 3.05) is 26.4 Å². The van der Waals surface area contributed by atoms with Crippen LogP contribution in [0.5, 0.6) is 0 Å². The lowest BCUT2D eigenvalue weighted by Gasteiger charge is -2.23. The molecule has 0 spiro atoms. The Bertz CT molecular complexity index is 463. The summed E-state index contributed by atoms with van der Waals surface area (Å²) in [5.74, 6) is -2.06. The van der Waals surface area contributed by atoms with Crippen LogP contribution < -0.4 is 5.32 Å². The predicted octanol–water partition coefficient (Wildman–Crippen LogP) is 1.62. The fraction of sp³-hybridized carbons (Fsp3) is 0.500. The van der Waals surface area contributed by atoms with Gasteiger partial charge in [0.25, 0.3) is 0 Å². The van der Waals surface area contributed by atoms with Crippen LogP contribution in [0, 0.1) is 5.92 Å². The average Bonchev–Trinajstić information content (AvgIpc) is 2.52. The van der Waals surface area contributed by atoms with Gasteiger partial charge in [0.15, 0.2) is 0 Å². The first-order chi connectivity index (χ1) is 10.6. The third-order valence-corrected chi connectivity index (χ3v) is 3.17. The van der Waals surface area contributed by atoms with Crippen LogP contribution in [0.1, 0.15) is 25.5 Å². The van der Waals surface area contributed by atoms with E-state index in [2.05, 4.69) is 5.32 Å². The molecule has 0 radical (unpaired) electrons. The molecular weight excluding hydrogens is 286 g/mol. The van der Waals surface area contributed by atoms with Crippen molar-refractivity contribution in [3.05, 3.63) is 35.9 Å². The highest BCUT2D eigenvalue weighted by molar-refractivity contribution is 5.79. The molecule has 122 valence electrons. The molecule has 0 saturated heterocycles. The topological polar surface area (TPSA) is 84.9 Å². The molecule has 1 aromatic rings. The molecule has 2 N–H and O–H groups in total. The fourth-order valence-corrected chi connectivity index (χ4v) is 1.94. The first kappa shape index (κ1) is 18.1. The van der Waals surface area contributed by atoms with Crippen molar-refractivity contribution in [2.45, 2.75) is 19.9 Å². The zero-order valence-electron chi connectivity index (χ0n) is 13.0. The quantitative estimate of drug-likeness (QED) is 0.642. The van der Waals surface area contributed by atoms with Gasteiger partial charge in [-0.05, 0) is 19.4 Å². The number of benzene rings is 1. The van der Waals surface area contributed by atoms with Crippen LogP contribution in [0.15, 0.2) is 30.3 Å². The lowest BCUT2D eigenvalue weighted by molar-refractivity contribution is -0.142. The second-order valence-corrected chi connectivity index (χ2v) is 4.83. The lowest BCUT2D eigenvalue weighted by Crippen LogP contribution is -2.37. The summed E-state index contributed by atoms with van der Waals surface area (Å²) in [4.78, 5) is 23.1. The third-order valence-electron chi connectivity index (χ3n) is 3.17. The Morgan fingerprint density at radius 2 is 1.82 bits per heavy atom. The maximum Gasteiger partial charge on any atom is 0.308 e. The molecule has 6 nitrogen and oxygen atoms in total. The van der Waals surface area contributed by atoms with Gasteiger partial charge >= 0.3 is 5.97 Å². The second-order valence-electron chi connectivity index (χ2n) is 4.83. The van der Waals surface area contributed by atoms with Crippen molar-refractivity contribution in [3.8, 4) is 0 Å². The smallest absolute Gasteiger partial charge is 0.308 e. The third kappa shape index (κ3) is 6.24. The summed E-state index contributed by atoms with van der Waals surface area (Å²) in [6, 6.07) is 8.44. The minimum atomic E-state index is -0.966. The number of ether oxygens (including phenoxy) is 2. The summed E-state index contributed by atoms with van der Waals surface area (Å²) in [6.45, 7) is 4.67. The number of carbonyl (C=O) groups is 2.